The molecule has 0 aromatic carbocycles. The van der Waals surface area contributed by atoms with E-state index in [2.05, 4.69) is 36.0 Å². The smallest absolute Gasteiger partial charge is 0.252 e. The van der Waals surface area contributed by atoms with Crippen LogP contribution in [0.2, 0.25) is 0 Å². The maximum Gasteiger partial charge on any atom is 0.763 e. The molecule has 0 aliphatic heterocycles. The minimum Gasteiger partial charge on any atom is -0.252 e. The maximum absolute atomic E-state index is 11.1. The highest BCUT2D eigenvalue weighted by molar-refractivity contribution is 5.37. The SMILES string of the molecule is O=[N+]([O-])C(c1nc2nnnn2c2nnnn12)([N+](=O)[O-])[N+](=O)[O-]. The van der Waals surface area contributed by atoms with Crippen LogP contribution in [0.3, 0.4) is 0 Å². The van der Waals surface area contributed by atoms with Crippen molar-refractivity contribution >= 4 is 11.6 Å². The molecule has 0 spiro atoms. The van der Waals surface area contributed by atoms with Crippen molar-refractivity contribution in [2.75, 3.05) is 0 Å². The molecule has 3 rings (SSSR count). The summed E-state index contributed by atoms with van der Waals surface area (Å²) in [4.78, 5) is 31.5. The lowest BCUT2D eigenvalue weighted by molar-refractivity contribution is -0.987. The van der Waals surface area contributed by atoms with E-state index in [9.17, 15) is 30.3 Å². The van der Waals surface area contributed by atoms with Crippen molar-refractivity contribution in [1.29, 1.82) is 0 Å². The number of tetrazole rings is 2. The zero-order valence-electron chi connectivity index (χ0n) is 9.82. The minimum absolute atomic E-state index is 0.345. The van der Waals surface area contributed by atoms with Crippen molar-refractivity contribution in [2.45, 2.75) is 5.79 Å². The Morgan fingerprint density at radius 3 is 2.00 bits per heavy atom. The van der Waals surface area contributed by atoms with Crippen LogP contribution in [0.5, 0.6) is 0 Å². The van der Waals surface area contributed by atoms with Gasteiger partial charge in [-0.1, -0.05) is 10.2 Å². The lowest BCUT2D eigenvalue weighted by atomic mass is 10.3. The third kappa shape index (κ3) is 1.33. The second-order valence-corrected chi connectivity index (χ2v) is 3.62. The Hall–Kier alpha value is -3.99. The number of hydrogen-bond donors (Lipinski definition) is 0. The summed E-state index contributed by atoms with van der Waals surface area (Å²) in [6, 6.07) is 0. The summed E-state index contributed by atoms with van der Waals surface area (Å²) < 4.78 is 1.13. The number of nitrogens with zero attached hydrogens (tertiary/aromatic N) is 12. The standard InChI is InChI=1S/C4N12O6/c17-14(18)4(15(19)20,16(21)22)1-5-2-6-8-11-13(2)3-7-9-10-12(1)3. The van der Waals surface area contributed by atoms with Crippen LogP contribution in [-0.4, -0.2) is 59.8 Å². The van der Waals surface area contributed by atoms with Gasteiger partial charge in [-0.15, -0.1) is 9.03 Å². The molecule has 0 aliphatic carbocycles. The molecule has 0 bridgehead atoms. The van der Waals surface area contributed by atoms with Crippen LogP contribution < -0.4 is 0 Å². The first-order valence-corrected chi connectivity index (χ1v) is 5.01. The highest BCUT2D eigenvalue weighted by Gasteiger charge is 2.76. The van der Waals surface area contributed by atoms with Gasteiger partial charge in [-0.05, 0) is 20.9 Å². The molecule has 18 nitrogen and oxygen atoms in total. The van der Waals surface area contributed by atoms with Gasteiger partial charge in [0, 0.05) is 0 Å². The fourth-order valence-corrected chi connectivity index (χ4v) is 1.64. The van der Waals surface area contributed by atoms with Crippen LogP contribution >= 0.6 is 0 Å². The van der Waals surface area contributed by atoms with Gasteiger partial charge in [0.25, 0.3) is 11.6 Å². The topological polar surface area (TPSA) is 228 Å². The fraction of sp³-hybridized carbons (Fsp3) is 0.250. The van der Waals surface area contributed by atoms with Gasteiger partial charge in [-0.2, -0.15) is 4.98 Å². The van der Waals surface area contributed by atoms with Gasteiger partial charge in [0.05, 0.1) is 0 Å². The van der Waals surface area contributed by atoms with Crippen LogP contribution in [0.25, 0.3) is 11.6 Å². The maximum atomic E-state index is 11.1. The highest BCUT2D eigenvalue weighted by Crippen LogP contribution is 2.25. The van der Waals surface area contributed by atoms with E-state index in [4.69, 9.17) is 0 Å². The predicted octanol–water partition coefficient (Wildman–Crippen LogP) is -3.10. The van der Waals surface area contributed by atoms with E-state index in [0.29, 0.717) is 4.52 Å². The first-order valence-electron chi connectivity index (χ1n) is 5.01. The van der Waals surface area contributed by atoms with E-state index < -0.39 is 37.9 Å². The average molecular weight is 312 g/mol. The van der Waals surface area contributed by atoms with E-state index in [-0.39, 0.29) is 0 Å². The summed E-state index contributed by atoms with van der Waals surface area (Å²) in [6.45, 7) is 0. The third-order valence-corrected chi connectivity index (χ3v) is 2.57. The first-order chi connectivity index (χ1) is 10.4. The Kier molecular flexibility index (Phi) is 2.37. The molecule has 3 aromatic rings. The van der Waals surface area contributed by atoms with Crippen molar-refractivity contribution < 1.29 is 14.8 Å². The second kappa shape index (κ2) is 4.00. The molecular formula is C4N12O6. The molecule has 0 fully saturated rings. The fourth-order valence-electron chi connectivity index (χ4n) is 1.64. The number of aromatic nitrogens is 9. The van der Waals surface area contributed by atoms with Crippen molar-refractivity contribution in [2.24, 2.45) is 0 Å². The Morgan fingerprint density at radius 1 is 0.864 bits per heavy atom. The highest BCUT2D eigenvalue weighted by atomic mass is 16.7. The summed E-state index contributed by atoms with van der Waals surface area (Å²) in [6.07, 6.45) is 0. The predicted molar refractivity (Wildman–Crippen MR) is 55.6 cm³/mol. The van der Waals surface area contributed by atoms with E-state index in [1.165, 1.54) is 0 Å². The summed E-state index contributed by atoms with van der Waals surface area (Å²) >= 11 is 0. The van der Waals surface area contributed by atoms with Gasteiger partial charge >= 0.3 is 11.6 Å². The number of fused-ring (bicyclic) bond motifs is 3. The summed E-state index contributed by atoms with van der Waals surface area (Å²) in [5.74, 6) is -6.23. The molecular weight excluding hydrogens is 312 g/mol. The molecule has 0 saturated carbocycles. The van der Waals surface area contributed by atoms with Crippen LogP contribution in [-0.2, 0) is 5.79 Å². The number of rotatable bonds is 4. The van der Waals surface area contributed by atoms with E-state index >= 15 is 0 Å². The molecule has 18 heteroatoms. The third-order valence-electron chi connectivity index (χ3n) is 2.57. The molecule has 112 valence electrons. The lowest BCUT2D eigenvalue weighted by Crippen LogP contribution is -2.52. The van der Waals surface area contributed by atoms with E-state index in [0.717, 1.165) is 4.52 Å². The zero-order valence-corrected chi connectivity index (χ0v) is 9.82. The largest absolute Gasteiger partial charge is 0.763 e. The summed E-state index contributed by atoms with van der Waals surface area (Å²) in [5.41, 5.74) is 0. The van der Waals surface area contributed by atoms with Crippen molar-refractivity contribution in [3.05, 3.63) is 36.2 Å². The van der Waals surface area contributed by atoms with Crippen molar-refractivity contribution in [3.8, 4) is 0 Å². The Bertz CT molecular complexity index is 904. The molecule has 0 radical (unpaired) electrons. The van der Waals surface area contributed by atoms with Gasteiger partial charge in [0.1, 0.15) is 0 Å². The molecule has 22 heavy (non-hydrogen) atoms. The lowest BCUT2D eigenvalue weighted by Gasteiger charge is -2.08. The minimum atomic E-state index is -4.03. The molecule has 0 N–H and O–H groups in total. The van der Waals surface area contributed by atoms with Crippen molar-refractivity contribution in [1.82, 2.24) is 45.1 Å². The van der Waals surface area contributed by atoms with Crippen LogP contribution in [0, 0.1) is 30.3 Å². The molecule has 0 amide bonds. The molecule has 0 saturated heterocycles. The van der Waals surface area contributed by atoms with Gasteiger partial charge in [-0.25, -0.2) is 0 Å². The molecule has 0 aliphatic rings. The van der Waals surface area contributed by atoms with Gasteiger partial charge in [-0.3, -0.25) is 30.3 Å². The number of nitro groups is 3. The Balaban J connectivity index is 2.53. The monoisotopic (exact) mass is 312 g/mol. The quantitative estimate of drug-likeness (QED) is 0.264. The van der Waals surface area contributed by atoms with Crippen molar-refractivity contribution in [3.63, 3.8) is 0 Å². The zero-order chi connectivity index (χ0) is 16.1. The molecule has 3 aromatic heterocycles. The average Bonchev–Trinajstić information content (AvgIpc) is 3.05. The number of hydrogen-bond acceptors (Lipinski definition) is 13. The molecule has 0 atom stereocenters. The first kappa shape index (κ1) is 13.0. The van der Waals surface area contributed by atoms with Crippen LogP contribution in [0.15, 0.2) is 0 Å². The Morgan fingerprint density at radius 2 is 1.41 bits per heavy atom. The van der Waals surface area contributed by atoms with Crippen LogP contribution in [0.4, 0.5) is 0 Å². The van der Waals surface area contributed by atoms with Gasteiger partial charge < -0.3 is 0 Å². The molecule has 3 heterocycles. The van der Waals surface area contributed by atoms with Gasteiger partial charge in [0.2, 0.25) is 0 Å². The van der Waals surface area contributed by atoms with Crippen LogP contribution in [0.1, 0.15) is 5.82 Å². The Labute approximate surface area is 114 Å². The normalized spacial score (nSPS) is 11.8. The summed E-state index contributed by atoms with van der Waals surface area (Å²) in [5, 5.41) is 52.9. The summed E-state index contributed by atoms with van der Waals surface area (Å²) in [7, 11) is 0. The van der Waals surface area contributed by atoms with Gasteiger partial charge in [0.15, 0.2) is 14.8 Å². The van der Waals surface area contributed by atoms with E-state index in [1.54, 1.807) is 0 Å². The molecule has 0 unspecified atom stereocenters. The second-order valence-electron chi connectivity index (χ2n) is 3.62. The van der Waals surface area contributed by atoms with E-state index in [1.807, 2.05) is 0 Å².